The van der Waals surface area contributed by atoms with Gasteiger partial charge in [0.2, 0.25) is 5.91 Å². The number of thiophene rings is 1. The van der Waals surface area contributed by atoms with E-state index in [-0.39, 0.29) is 17.2 Å². The van der Waals surface area contributed by atoms with Gasteiger partial charge in [0, 0.05) is 11.4 Å². The average Bonchev–Trinajstić information content (AvgIpc) is 3.21. The van der Waals surface area contributed by atoms with Crippen LogP contribution < -0.4 is 10.9 Å². The second kappa shape index (κ2) is 7.87. The lowest BCUT2D eigenvalue weighted by molar-refractivity contribution is -0.119. The highest BCUT2D eigenvalue weighted by Crippen LogP contribution is 2.30. The minimum Gasteiger partial charge on any atom is -0.337 e. The SMILES string of the molecule is C=CCn1c(SCC(=O)NC2(C#N)CCCC2)nc2sc(C)c(C)c2c1=O. The van der Waals surface area contributed by atoms with Crippen LogP contribution in [0.5, 0.6) is 0 Å². The van der Waals surface area contributed by atoms with Crippen molar-refractivity contribution in [3.05, 3.63) is 33.4 Å². The summed E-state index contributed by atoms with van der Waals surface area (Å²) < 4.78 is 1.56. The number of nitrogens with zero attached hydrogens (tertiary/aromatic N) is 3. The molecule has 0 aromatic carbocycles. The van der Waals surface area contributed by atoms with Crippen LogP contribution in [0.2, 0.25) is 0 Å². The van der Waals surface area contributed by atoms with Gasteiger partial charge >= 0.3 is 0 Å². The van der Waals surface area contributed by atoms with Gasteiger partial charge in [-0.15, -0.1) is 17.9 Å². The van der Waals surface area contributed by atoms with Crippen LogP contribution in [0.1, 0.15) is 36.1 Å². The van der Waals surface area contributed by atoms with Gasteiger partial charge in [-0.2, -0.15) is 5.26 Å². The van der Waals surface area contributed by atoms with Crippen molar-refractivity contribution in [1.29, 1.82) is 5.26 Å². The van der Waals surface area contributed by atoms with E-state index in [1.807, 2.05) is 13.8 Å². The molecule has 2 heterocycles. The molecule has 1 saturated carbocycles. The second-order valence-corrected chi connectivity index (χ2v) is 8.95. The minimum absolute atomic E-state index is 0.103. The van der Waals surface area contributed by atoms with E-state index >= 15 is 0 Å². The summed E-state index contributed by atoms with van der Waals surface area (Å²) in [6, 6.07) is 2.26. The van der Waals surface area contributed by atoms with Crippen molar-refractivity contribution in [3.63, 3.8) is 0 Å². The molecule has 142 valence electrons. The fraction of sp³-hybridized carbons (Fsp3) is 0.474. The van der Waals surface area contributed by atoms with E-state index in [4.69, 9.17) is 0 Å². The van der Waals surface area contributed by atoms with Gasteiger partial charge in [-0.25, -0.2) is 4.98 Å². The zero-order chi connectivity index (χ0) is 19.6. The van der Waals surface area contributed by atoms with Crippen molar-refractivity contribution < 1.29 is 4.79 Å². The Labute approximate surface area is 166 Å². The van der Waals surface area contributed by atoms with Crippen molar-refractivity contribution in [1.82, 2.24) is 14.9 Å². The van der Waals surface area contributed by atoms with Crippen LogP contribution >= 0.6 is 23.1 Å². The van der Waals surface area contributed by atoms with Gasteiger partial charge in [0.05, 0.1) is 17.2 Å². The van der Waals surface area contributed by atoms with E-state index in [9.17, 15) is 14.9 Å². The topological polar surface area (TPSA) is 87.8 Å². The van der Waals surface area contributed by atoms with Gasteiger partial charge in [-0.1, -0.05) is 17.8 Å². The predicted octanol–water partition coefficient (Wildman–Crippen LogP) is 3.31. The number of amides is 1. The van der Waals surface area contributed by atoms with Crippen LogP contribution in [0.25, 0.3) is 10.2 Å². The highest BCUT2D eigenvalue weighted by molar-refractivity contribution is 7.99. The summed E-state index contributed by atoms with van der Waals surface area (Å²) in [6.45, 7) is 7.96. The first-order valence-corrected chi connectivity index (χ1v) is 10.7. The summed E-state index contributed by atoms with van der Waals surface area (Å²) >= 11 is 2.71. The Morgan fingerprint density at radius 1 is 1.48 bits per heavy atom. The average molecular weight is 403 g/mol. The van der Waals surface area contributed by atoms with Crippen molar-refractivity contribution in [2.24, 2.45) is 0 Å². The number of aromatic nitrogens is 2. The summed E-state index contributed by atoms with van der Waals surface area (Å²) in [6.07, 6.45) is 4.94. The number of hydrogen-bond donors (Lipinski definition) is 1. The summed E-state index contributed by atoms with van der Waals surface area (Å²) in [5.74, 6) is -0.0940. The number of thioether (sulfide) groups is 1. The first kappa shape index (κ1) is 19.6. The van der Waals surface area contributed by atoms with Crippen molar-refractivity contribution >= 4 is 39.2 Å². The smallest absolute Gasteiger partial charge is 0.263 e. The largest absolute Gasteiger partial charge is 0.337 e. The Morgan fingerprint density at radius 3 is 2.81 bits per heavy atom. The molecule has 0 saturated heterocycles. The van der Waals surface area contributed by atoms with E-state index in [0.29, 0.717) is 34.8 Å². The predicted molar refractivity (Wildman–Crippen MR) is 109 cm³/mol. The Morgan fingerprint density at radius 2 is 2.19 bits per heavy atom. The van der Waals surface area contributed by atoms with Crippen LogP contribution in [0.15, 0.2) is 22.6 Å². The van der Waals surface area contributed by atoms with E-state index in [0.717, 1.165) is 23.3 Å². The zero-order valence-corrected chi connectivity index (χ0v) is 17.1. The highest BCUT2D eigenvalue weighted by Gasteiger charge is 2.35. The van der Waals surface area contributed by atoms with Crippen LogP contribution in [-0.4, -0.2) is 26.8 Å². The first-order valence-electron chi connectivity index (χ1n) is 8.87. The van der Waals surface area contributed by atoms with Crippen molar-refractivity contribution in [2.75, 3.05) is 5.75 Å². The minimum atomic E-state index is -0.738. The molecule has 1 fully saturated rings. The fourth-order valence-electron chi connectivity index (χ4n) is 3.39. The molecule has 2 aromatic heterocycles. The molecule has 1 amide bonds. The Balaban J connectivity index is 1.85. The molecule has 8 heteroatoms. The van der Waals surface area contributed by atoms with Gasteiger partial charge in [0.25, 0.3) is 5.56 Å². The molecule has 1 aliphatic carbocycles. The van der Waals surface area contributed by atoms with Gasteiger partial charge in [-0.3, -0.25) is 14.2 Å². The number of hydrogen-bond acceptors (Lipinski definition) is 6. The monoisotopic (exact) mass is 402 g/mol. The normalized spacial score (nSPS) is 15.6. The molecule has 1 N–H and O–H groups in total. The van der Waals surface area contributed by atoms with E-state index in [2.05, 4.69) is 22.9 Å². The van der Waals surface area contributed by atoms with Gasteiger partial charge in [0.1, 0.15) is 10.4 Å². The molecule has 6 nitrogen and oxygen atoms in total. The first-order chi connectivity index (χ1) is 12.9. The van der Waals surface area contributed by atoms with Gasteiger partial charge < -0.3 is 5.32 Å². The summed E-state index contributed by atoms with van der Waals surface area (Å²) in [5.41, 5.74) is 0.114. The third-order valence-electron chi connectivity index (χ3n) is 4.95. The lowest BCUT2D eigenvalue weighted by Gasteiger charge is -2.21. The van der Waals surface area contributed by atoms with E-state index < -0.39 is 5.54 Å². The molecular weight excluding hydrogens is 380 g/mol. The summed E-state index contributed by atoms with van der Waals surface area (Å²) in [4.78, 5) is 31.7. The number of allylic oxidation sites excluding steroid dienone is 1. The van der Waals surface area contributed by atoms with Crippen LogP contribution in [0.4, 0.5) is 0 Å². The Bertz CT molecular complexity index is 994. The highest BCUT2D eigenvalue weighted by atomic mass is 32.2. The Hall–Kier alpha value is -2.11. The van der Waals surface area contributed by atoms with E-state index in [1.54, 1.807) is 10.6 Å². The van der Waals surface area contributed by atoms with Crippen LogP contribution in [0.3, 0.4) is 0 Å². The number of nitrogens with one attached hydrogen (secondary N) is 1. The summed E-state index contributed by atoms with van der Waals surface area (Å²) in [7, 11) is 0. The molecule has 0 spiro atoms. The lowest BCUT2D eigenvalue weighted by Crippen LogP contribution is -2.45. The maximum atomic E-state index is 12.9. The Kier molecular flexibility index (Phi) is 5.72. The van der Waals surface area contributed by atoms with Crippen molar-refractivity contribution in [3.8, 4) is 6.07 Å². The van der Waals surface area contributed by atoms with Crippen LogP contribution in [0, 0.1) is 25.2 Å². The number of carbonyl (C=O) groups is 1. The molecule has 0 aliphatic heterocycles. The molecule has 2 aromatic rings. The van der Waals surface area contributed by atoms with Crippen LogP contribution in [-0.2, 0) is 11.3 Å². The second-order valence-electron chi connectivity index (χ2n) is 6.80. The quantitative estimate of drug-likeness (QED) is 0.455. The maximum absolute atomic E-state index is 12.9. The molecule has 3 rings (SSSR count). The summed E-state index contributed by atoms with van der Waals surface area (Å²) in [5, 5.41) is 13.4. The third kappa shape index (κ3) is 3.80. The molecule has 0 unspecified atom stereocenters. The molecule has 0 radical (unpaired) electrons. The van der Waals surface area contributed by atoms with Crippen molar-refractivity contribution in [2.45, 2.75) is 56.8 Å². The number of rotatable bonds is 6. The molecular formula is C19H22N4O2S2. The molecule has 1 aliphatic rings. The molecule has 0 atom stereocenters. The number of aryl methyl sites for hydroxylation is 2. The third-order valence-corrected chi connectivity index (χ3v) is 7.03. The fourth-order valence-corrected chi connectivity index (χ4v) is 5.26. The standard InChI is InChI=1S/C19H22N4O2S2/c1-4-9-23-17(25)15-12(2)13(3)27-16(15)21-18(23)26-10-14(24)22-19(11-20)7-5-6-8-19/h4H,1,5-10H2,2-3H3,(H,22,24). The lowest BCUT2D eigenvalue weighted by atomic mass is 10.0. The zero-order valence-electron chi connectivity index (χ0n) is 15.5. The van der Waals surface area contributed by atoms with Gasteiger partial charge in [-0.05, 0) is 45.1 Å². The maximum Gasteiger partial charge on any atom is 0.263 e. The van der Waals surface area contributed by atoms with Gasteiger partial charge in [0.15, 0.2) is 5.16 Å². The number of fused-ring (bicyclic) bond motifs is 1. The number of carbonyl (C=O) groups excluding carboxylic acids is 1. The molecule has 0 bridgehead atoms. The molecule has 27 heavy (non-hydrogen) atoms. The number of nitriles is 1. The van der Waals surface area contributed by atoms with E-state index in [1.165, 1.54) is 23.1 Å².